The summed E-state index contributed by atoms with van der Waals surface area (Å²) in [6.45, 7) is 10.5. The lowest BCUT2D eigenvalue weighted by Crippen LogP contribution is -2.47. The Balaban J connectivity index is 1.83. The second kappa shape index (κ2) is 6.53. The van der Waals surface area contributed by atoms with Gasteiger partial charge in [0.1, 0.15) is 0 Å². The number of aryl methyl sites for hydroxylation is 1. The molecule has 0 aromatic heterocycles. The summed E-state index contributed by atoms with van der Waals surface area (Å²) in [5.41, 5.74) is 1.71. The van der Waals surface area contributed by atoms with E-state index in [-0.39, 0.29) is 5.54 Å². The molecule has 19 heavy (non-hydrogen) atoms. The third-order valence-corrected chi connectivity index (χ3v) is 4.14. The summed E-state index contributed by atoms with van der Waals surface area (Å²) in [5.74, 6) is 0. The molecule has 1 N–H and O–H groups in total. The molecule has 106 valence electrons. The van der Waals surface area contributed by atoms with Crippen LogP contribution in [-0.2, 0) is 6.42 Å². The van der Waals surface area contributed by atoms with Crippen LogP contribution in [0.25, 0.3) is 0 Å². The van der Waals surface area contributed by atoms with Gasteiger partial charge in [-0.25, -0.2) is 0 Å². The summed E-state index contributed by atoms with van der Waals surface area (Å²) in [5, 5.41) is 3.65. The maximum atomic E-state index is 3.65. The number of hydrogen-bond acceptors (Lipinski definition) is 2. The van der Waals surface area contributed by atoms with Gasteiger partial charge in [0.15, 0.2) is 0 Å². The minimum atomic E-state index is 0.248. The molecule has 1 saturated heterocycles. The van der Waals surface area contributed by atoms with Crippen molar-refractivity contribution in [1.29, 1.82) is 0 Å². The summed E-state index contributed by atoms with van der Waals surface area (Å²) in [6, 6.07) is 11.5. The number of benzene rings is 1. The molecule has 0 amide bonds. The van der Waals surface area contributed by atoms with Gasteiger partial charge in [-0.1, -0.05) is 30.3 Å². The van der Waals surface area contributed by atoms with Gasteiger partial charge in [-0.3, -0.25) is 4.90 Å². The molecule has 0 spiro atoms. The summed E-state index contributed by atoms with van der Waals surface area (Å²) in [7, 11) is 0. The van der Waals surface area contributed by atoms with Crippen LogP contribution in [0.2, 0.25) is 0 Å². The van der Waals surface area contributed by atoms with Crippen molar-refractivity contribution in [3.63, 3.8) is 0 Å². The average Bonchev–Trinajstić information content (AvgIpc) is 2.50. The van der Waals surface area contributed by atoms with Crippen molar-refractivity contribution in [3.05, 3.63) is 35.9 Å². The Morgan fingerprint density at radius 3 is 2.74 bits per heavy atom. The van der Waals surface area contributed by atoms with E-state index in [0.717, 1.165) is 13.1 Å². The van der Waals surface area contributed by atoms with E-state index in [0.29, 0.717) is 6.04 Å². The highest BCUT2D eigenvalue weighted by atomic mass is 15.2. The molecule has 0 aliphatic carbocycles. The minimum absolute atomic E-state index is 0.248. The first-order valence-electron chi connectivity index (χ1n) is 7.60. The highest BCUT2D eigenvalue weighted by Gasteiger charge is 2.27. The van der Waals surface area contributed by atoms with Crippen LogP contribution >= 0.6 is 0 Å². The van der Waals surface area contributed by atoms with Gasteiger partial charge in [-0.15, -0.1) is 0 Å². The third kappa shape index (κ3) is 4.63. The van der Waals surface area contributed by atoms with E-state index < -0.39 is 0 Å². The first-order chi connectivity index (χ1) is 9.07. The van der Waals surface area contributed by atoms with E-state index >= 15 is 0 Å². The second-order valence-electron chi connectivity index (χ2n) is 6.51. The van der Waals surface area contributed by atoms with E-state index in [1.54, 1.807) is 0 Å². The third-order valence-electron chi connectivity index (χ3n) is 4.14. The van der Waals surface area contributed by atoms with Gasteiger partial charge in [0, 0.05) is 18.1 Å². The van der Waals surface area contributed by atoms with Gasteiger partial charge in [0.2, 0.25) is 0 Å². The fourth-order valence-electron chi connectivity index (χ4n) is 2.95. The van der Waals surface area contributed by atoms with Gasteiger partial charge in [0.05, 0.1) is 0 Å². The zero-order valence-corrected chi connectivity index (χ0v) is 12.7. The molecule has 2 rings (SSSR count). The van der Waals surface area contributed by atoms with Crippen molar-refractivity contribution >= 4 is 0 Å². The van der Waals surface area contributed by atoms with Crippen LogP contribution in [0.4, 0.5) is 0 Å². The Bertz CT molecular complexity index is 372. The molecule has 1 unspecified atom stereocenters. The van der Waals surface area contributed by atoms with E-state index in [1.165, 1.54) is 31.4 Å². The minimum Gasteiger partial charge on any atom is -0.310 e. The van der Waals surface area contributed by atoms with Crippen molar-refractivity contribution in [3.8, 4) is 0 Å². The van der Waals surface area contributed by atoms with Crippen molar-refractivity contribution in [2.75, 3.05) is 19.6 Å². The molecular weight excluding hydrogens is 232 g/mol. The fraction of sp³-hybridized carbons (Fsp3) is 0.647. The van der Waals surface area contributed by atoms with Crippen molar-refractivity contribution < 1.29 is 0 Å². The molecule has 0 bridgehead atoms. The molecule has 1 heterocycles. The standard InChI is InChI=1S/C17H28N2/c1-15-11-12-18-17(2,3)14-19(15)13-7-10-16-8-5-4-6-9-16/h4-6,8-9,15,18H,7,10-14H2,1-3H3. The highest BCUT2D eigenvalue weighted by Crippen LogP contribution is 2.16. The molecule has 1 aromatic carbocycles. The first-order valence-corrected chi connectivity index (χ1v) is 7.60. The summed E-state index contributed by atoms with van der Waals surface area (Å²) in [6.07, 6.45) is 3.71. The highest BCUT2D eigenvalue weighted by molar-refractivity contribution is 5.14. The first kappa shape index (κ1) is 14.5. The quantitative estimate of drug-likeness (QED) is 0.895. The molecular formula is C17H28N2. The number of nitrogens with one attached hydrogen (secondary N) is 1. The molecule has 1 aliphatic rings. The van der Waals surface area contributed by atoms with Crippen LogP contribution in [0, 0.1) is 0 Å². The monoisotopic (exact) mass is 260 g/mol. The lowest BCUT2D eigenvalue weighted by atomic mass is 10.0. The molecule has 1 fully saturated rings. The Kier molecular flexibility index (Phi) is 5.00. The molecule has 0 radical (unpaired) electrons. The Hall–Kier alpha value is -0.860. The van der Waals surface area contributed by atoms with Crippen LogP contribution < -0.4 is 5.32 Å². The van der Waals surface area contributed by atoms with Gasteiger partial charge >= 0.3 is 0 Å². The largest absolute Gasteiger partial charge is 0.310 e. The van der Waals surface area contributed by atoms with E-state index in [9.17, 15) is 0 Å². The Morgan fingerprint density at radius 2 is 2.00 bits per heavy atom. The predicted molar refractivity (Wildman–Crippen MR) is 82.5 cm³/mol. The average molecular weight is 260 g/mol. The van der Waals surface area contributed by atoms with Crippen molar-refractivity contribution in [1.82, 2.24) is 10.2 Å². The second-order valence-corrected chi connectivity index (χ2v) is 6.51. The molecule has 2 nitrogen and oxygen atoms in total. The van der Waals surface area contributed by atoms with Crippen LogP contribution in [-0.4, -0.2) is 36.1 Å². The molecule has 1 aliphatic heterocycles. The smallest absolute Gasteiger partial charge is 0.0252 e. The number of nitrogens with zero attached hydrogens (tertiary/aromatic N) is 1. The van der Waals surface area contributed by atoms with Gasteiger partial charge in [0.25, 0.3) is 0 Å². The fourth-order valence-corrected chi connectivity index (χ4v) is 2.95. The summed E-state index contributed by atoms with van der Waals surface area (Å²) in [4.78, 5) is 2.66. The number of hydrogen-bond donors (Lipinski definition) is 1. The van der Waals surface area contributed by atoms with Gasteiger partial charge in [-0.05, 0) is 58.7 Å². The van der Waals surface area contributed by atoms with Crippen LogP contribution in [0.3, 0.4) is 0 Å². The Labute approximate surface area is 118 Å². The maximum absolute atomic E-state index is 3.65. The zero-order valence-electron chi connectivity index (χ0n) is 12.7. The maximum Gasteiger partial charge on any atom is 0.0252 e. The summed E-state index contributed by atoms with van der Waals surface area (Å²) < 4.78 is 0. The van der Waals surface area contributed by atoms with E-state index in [2.05, 4.69) is 61.3 Å². The van der Waals surface area contributed by atoms with Crippen LogP contribution in [0.15, 0.2) is 30.3 Å². The summed E-state index contributed by atoms with van der Waals surface area (Å²) >= 11 is 0. The zero-order chi connectivity index (χ0) is 13.7. The van der Waals surface area contributed by atoms with E-state index in [4.69, 9.17) is 0 Å². The van der Waals surface area contributed by atoms with E-state index in [1.807, 2.05) is 0 Å². The lowest BCUT2D eigenvalue weighted by Gasteiger charge is -2.33. The molecule has 1 aromatic rings. The van der Waals surface area contributed by atoms with Crippen LogP contribution in [0.1, 0.15) is 39.2 Å². The van der Waals surface area contributed by atoms with Crippen molar-refractivity contribution in [2.45, 2.75) is 51.6 Å². The normalized spacial score (nSPS) is 24.1. The lowest BCUT2D eigenvalue weighted by molar-refractivity contribution is 0.179. The molecule has 1 atom stereocenters. The van der Waals surface area contributed by atoms with Gasteiger partial charge in [-0.2, -0.15) is 0 Å². The van der Waals surface area contributed by atoms with Crippen molar-refractivity contribution in [2.24, 2.45) is 0 Å². The molecule has 2 heteroatoms. The van der Waals surface area contributed by atoms with Gasteiger partial charge < -0.3 is 5.32 Å². The van der Waals surface area contributed by atoms with Crippen LogP contribution in [0.5, 0.6) is 0 Å². The molecule has 0 saturated carbocycles. The SMILES string of the molecule is CC1CCNC(C)(C)CN1CCCc1ccccc1. The predicted octanol–water partition coefficient (Wildman–Crippen LogP) is 3.08. The topological polar surface area (TPSA) is 15.3 Å². The number of rotatable bonds is 4. The Morgan fingerprint density at radius 1 is 1.26 bits per heavy atom.